The Morgan fingerprint density at radius 2 is 1.90 bits per heavy atom. The highest BCUT2D eigenvalue weighted by atomic mass is 35.5. The van der Waals surface area contributed by atoms with Gasteiger partial charge in [-0.2, -0.15) is 0 Å². The van der Waals surface area contributed by atoms with Gasteiger partial charge in [0.2, 0.25) is 0 Å². The Bertz CT molecular complexity index is 1080. The van der Waals surface area contributed by atoms with Crippen LogP contribution in [0.3, 0.4) is 0 Å². The first-order valence-corrected chi connectivity index (χ1v) is 10.0. The van der Waals surface area contributed by atoms with E-state index in [1.54, 1.807) is 12.1 Å². The van der Waals surface area contributed by atoms with Crippen LogP contribution in [-0.4, -0.2) is 30.6 Å². The minimum absolute atomic E-state index is 0.0335. The highest BCUT2D eigenvalue weighted by molar-refractivity contribution is 7.80. The fraction of sp³-hybridized carbons (Fsp3) is 0.227. The van der Waals surface area contributed by atoms with Gasteiger partial charge in [0, 0.05) is 6.07 Å². The van der Waals surface area contributed by atoms with Crippen molar-refractivity contribution in [3.63, 3.8) is 0 Å². The number of amides is 2. The second kappa shape index (κ2) is 8.85. The van der Waals surface area contributed by atoms with Crippen molar-refractivity contribution in [2.24, 2.45) is 0 Å². The summed E-state index contributed by atoms with van der Waals surface area (Å²) >= 11 is 11.7. The summed E-state index contributed by atoms with van der Waals surface area (Å²) in [6.07, 6.45) is 1.43. The molecule has 2 aromatic rings. The van der Waals surface area contributed by atoms with Crippen molar-refractivity contribution in [3.8, 4) is 11.5 Å². The molecule has 0 bridgehead atoms. The molecule has 156 valence electrons. The van der Waals surface area contributed by atoms with Crippen molar-refractivity contribution in [1.29, 1.82) is 0 Å². The fourth-order valence-electron chi connectivity index (χ4n) is 3.08. The topological polar surface area (TPSA) is 67.9 Å². The lowest BCUT2D eigenvalue weighted by Gasteiger charge is -2.30. The molecule has 1 saturated heterocycles. The van der Waals surface area contributed by atoms with Crippen molar-refractivity contribution in [2.45, 2.75) is 20.8 Å². The minimum Gasteiger partial charge on any atom is -0.493 e. The average Bonchev–Trinajstić information content (AvgIpc) is 2.69. The van der Waals surface area contributed by atoms with Gasteiger partial charge in [-0.05, 0) is 67.9 Å². The molecule has 3 rings (SSSR count). The first-order valence-electron chi connectivity index (χ1n) is 9.25. The second-order valence-electron chi connectivity index (χ2n) is 6.71. The number of rotatable bonds is 5. The van der Waals surface area contributed by atoms with E-state index in [0.29, 0.717) is 34.4 Å². The van der Waals surface area contributed by atoms with Gasteiger partial charge < -0.3 is 9.47 Å². The molecule has 1 aliphatic rings. The van der Waals surface area contributed by atoms with E-state index >= 15 is 0 Å². The largest absolute Gasteiger partial charge is 0.493 e. The number of ether oxygens (including phenoxy) is 2. The second-order valence-corrected chi connectivity index (χ2v) is 7.50. The number of halogens is 1. The molecular formula is C22H21ClN2O4S. The number of methoxy groups -OCH3 is 1. The van der Waals surface area contributed by atoms with Gasteiger partial charge in [-0.1, -0.05) is 23.7 Å². The summed E-state index contributed by atoms with van der Waals surface area (Å²) in [5.41, 5.74) is 2.80. The third kappa shape index (κ3) is 4.17. The minimum atomic E-state index is -0.588. The van der Waals surface area contributed by atoms with Gasteiger partial charge in [0.05, 0.1) is 24.4 Å². The van der Waals surface area contributed by atoms with E-state index in [9.17, 15) is 9.59 Å². The number of benzene rings is 2. The number of hydrogen-bond donors (Lipinski definition) is 1. The number of nitrogens with zero attached hydrogens (tertiary/aromatic N) is 1. The Morgan fingerprint density at radius 1 is 1.17 bits per heavy atom. The van der Waals surface area contributed by atoms with Crippen LogP contribution in [-0.2, 0) is 9.59 Å². The van der Waals surface area contributed by atoms with Gasteiger partial charge in [0.15, 0.2) is 16.6 Å². The number of anilines is 1. The van der Waals surface area contributed by atoms with Crippen molar-refractivity contribution in [2.75, 3.05) is 18.6 Å². The Balaban J connectivity index is 2.08. The zero-order valence-corrected chi connectivity index (χ0v) is 18.6. The molecule has 6 nitrogen and oxygen atoms in total. The maximum atomic E-state index is 13.3. The maximum Gasteiger partial charge on any atom is 0.270 e. The van der Waals surface area contributed by atoms with Gasteiger partial charge >= 0.3 is 0 Å². The summed E-state index contributed by atoms with van der Waals surface area (Å²) in [5.74, 6) is -0.194. The van der Waals surface area contributed by atoms with Crippen molar-refractivity contribution in [1.82, 2.24) is 5.32 Å². The van der Waals surface area contributed by atoms with Crippen LogP contribution in [0.4, 0.5) is 5.69 Å². The number of carbonyl (C=O) groups is 2. The Hall–Kier alpha value is -2.90. The lowest BCUT2D eigenvalue weighted by molar-refractivity contribution is -0.122. The van der Waals surface area contributed by atoms with E-state index in [-0.39, 0.29) is 10.7 Å². The van der Waals surface area contributed by atoms with E-state index in [2.05, 4.69) is 5.32 Å². The predicted molar refractivity (Wildman–Crippen MR) is 121 cm³/mol. The van der Waals surface area contributed by atoms with Gasteiger partial charge in [-0.25, -0.2) is 0 Å². The predicted octanol–water partition coefficient (Wildman–Crippen LogP) is 4.20. The molecule has 0 saturated carbocycles. The quantitative estimate of drug-likeness (QED) is 0.425. The zero-order chi connectivity index (χ0) is 22.0. The van der Waals surface area contributed by atoms with Gasteiger partial charge in [0.1, 0.15) is 5.57 Å². The maximum absolute atomic E-state index is 13.3. The highest BCUT2D eigenvalue weighted by Crippen LogP contribution is 2.35. The fourth-order valence-corrected chi connectivity index (χ4v) is 3.56. The van der Waals surface area contributed by atoms with Crippen molar-refractivity contribution < 1.29 is 19.1 Å². The summed E-state index contributed by atoms with van der Waals surface area (Å²) in [7, 11) is 1.50. The van der Waals surface area contributed by atoms with Crippen LogP contribution in [0.25, 0.3) is 6.08 Å². The molecule has 0 spiro atoms. The van der Waals surface area contributed by atoms with Crippen LogP contribution in [0.1, 0.15) is 23.6 Å². The van der Waals surface area contributed by atoms with E-state index in [1.807, 2.05) is 39.0 Å². The molecular weight excluding hydrogens is 424 g/mol. The Morgan fingerprint density at radius 3 is 2.57 bits per heavy atom. The molecule has 1 fully saturated rings. The number of aryl methyl sites for hydroxylation is 2. The van der Waals surface area contributed by atoms with Crippen molar-refractivity contribution >= 4 is 52.5 Å². The highest BCUT2D eigenvalue weighted by Gasteiger charge is 2.35. The molecule has 2 amide bonds. The Labute approximate surface area is 185 Å². The first kappa shape index (κ1) is 21.8. The van der Waals surface area contributed by atoms with Crippen LogP contribution >= 0.6 is 23.8 Å². The molecule has 2 aromatic carbocycles. The number of thiocarbonyl (C=S) groups is 1. The Kier molecular flexibility index (Phi) is 6.43. The molecule has 30 heavy (non-hydrogen) atoms. The van der Waals surface area contributed by atoms with E-state index in [4.69, 9.17) is 33.3 Å². The van der Waals surface area contributed by atoms with E-state index < -0.39 is 11.8 Å². The van der Waals surface area contributed by atoms with Gasteiger partial charge in [-0.15, -0.1) is 0 Å². The number of carbonyl (C=O) groups excluding carboxylic acids is 2. The van der Waals surface area contributed by atoms with Crippen LogP contribution in [0.2, 0.25) is 5.02 Å². The van der Waals surface area contributed by atoms with Gasteiger partial charge in [-0.3, -0.25) is 19.8 Å². The van der Waals surface area contributed by atoms with Crippen molar-refractivity contribution in [3.05, 3.63) is 57.6 Å². The lowest BCUT2D eigenvalue weighted by Crippen LogP contribution is -2.54. The van der Waals surface area contributed by atoms with Crippen LogP contribution in [0.15, 0.2) is 35.9 Å². The third-order valence-corrected chi connectivity index (χ3v) is 5.20. The molecule has 0 aromatic heterocycles. The first-order chi connectivity index (χ1) is 14.3. The third-order valence-electron chi connectivity index (χ3n) is 4.59. The normalized spacial score (nSPS) is 15.4. The average molecular weight is 445 g/mol. The molecule has 0 aliphatic carbocycles. The summed E-state index contributed by atoms with van der Waals surface area (Å²) in [6.45, 7) is 6.08. The standard InChI is InChI=1S/C22H21ClN2O4S/c1-5-29-19-11-16(23)14(10-18(19)28-4)9-15-20(26)24-22(30)25(21(15)27)17-8-12(2)6-7-13(17)3/h6-11H,5H2,1-4H3,(H,24,26,30)/b15-9+. The van der Waals surface area contributed by atoms with Crippen LogP contribution in [0, 0.1) is 13.8 Å². The van der Waals surface area contributed by atoms with E-state index in [1.165, 1.54) is 18.1 Å². The summed E-state index contributed by atoms with van der Waals surface area (Å²) in [4.78, 5) is 27.2. The monoisotopic (exact) mass is 444 g/mol. The lowest BCUT2D eigenvalue weighted by atomic mass is 10.0. The van der Waals surface area contributed by atoms with Crippen LogP contribution in [0.5, 0.6) is 11.5 Å². The van der Waals surface area contributed by atoms with E-state index in [0.717, 1.165) is 11.1 Å². The zero-order valence-electron chi connectivity index (χ0n) is 17.0. The smallest absolute Gasteiger partial charge is 0.270 e. The molecule has 0 atom stereocenters. The molecule has 1 aliphatic heterocycles. The summed E-state index contributed by atoms with van der Waals surface area (Å²) in [6, 6.07) is 8.90. The summed E-state index contributed by atoms with van der Waals surface area (Å²) < 4.78 is 10.9. The SMILES string of the molecule is CCOc1cc(Cl)c(/C=C2\C(=O)NC(=S)N(c3cc(C)ccc3C)C2=O)cc1OC. The molecule has 0 radical (unpaired) electrons. The molecule has 8 heteroatoms. The molecule has 0 unspecified atom stereocenters. The molecule has 1 N–H and O–H groups in total. The summed E-state index contributed by atoms with van der Waals surface area (Å²) in [5, 5.41) is 2.94. The van der Waals surface area contributed by atoms with Crippen LogP contribution < -0.4 is 19.7 Å². The number of hydrogen-bond acceptors (Lipinski definition) is 5. The molecule has 1 heterocycles. The number of nitrogens with one attached hydrogen (secondary N) is 1. The van der Waals surface area contributed by atoms with Gasteiger partial charge in [0.25, 0.3) is 11.8 Å².